The van der Waals surface area contributed by atoms with E-state index in [1.165, 1.54) is 0 Å². The maximum absolute atomic E-state index is 12.1. The number of carbonyl (C=O) groups is 2. The normalized spacial score (nSPS) is 21.6. The summed E-state index contributed by atoms with van der Waals surface area (Å²) in [5.74, 6) is -1.04. The molecule has 1 saturated carbocycles. The van der Waals surface area contributed by atoms with Crippen molar-refractivity contribution in [3.63, 3.8) is 0 Å². The van der Waals surface area contributed by atoms with Gasteiger partial charge in [-0.05, 0) is 26.2 Å². The molecular weight excluding hydrogens is 256 g/mol. The summed E-state index contributed by atoms with van der Waals surface area (Å²) < 4.78 is 0. The third-order valence-corrected chi connectivity index (χ3v) is 4.39. The Morgan fingerprint density at radius 3 is 2.25 bits per heavy atom. The number of hydrogen-bond acceptors (Lipinski definition) is 3. The zero-order chi connectivity index (χ0) is 15.2. The van der Waals surface area contributed by atoms with E-state index in [1.54, 1.807) is 6.92 Å². The molecule has 0 heterocycles. The van der Waals surface area contributed by atoms with Crippen LogP contribution in [0.1, 0.15) is 65.2 Å². The molecular formula is C15H28N2O3. The van der Waals surface area contributed by atoms with Gasteiger partial charge in [0.1, 0.15) is 0 Å². The van der Waals surface area contributed by atoms with E-state index in [0.717, 1.165) is 32.1 Å². The van der Waals surface area contributed by atoms with E-state index >= 15 is 0 Å². The number of nitrogens with one attached hydrogen (secondary N) is 1. The molecule has 5 heteroatoms. The van der Waals surface area contributed by atoms with Gasteiger partial charge in [0.25, 0.3) is 0 Å². The molecule has 1 atom stereocenters. The van der Waals surface area contributed by atoms with Crippen LogP contribution in [0.2, 0.25) is 0 Å². The second-order valence-corrected chi connectivity index (χ2v) is 6.35. The van der Waals surface area contributed by atoms with E-state index in [4.69, 9.17) is 5.73 Å². The average Bonchev–Trinajstić information content (AvgIpc) is 2.62. The second-order valence-electron chi connectivity index (χ2n) is 6.35. The molecule has 1 unspecified atom stereocenters. The van der Waals surface area contributed by atoms with Crippen LogP contribution in [0.25, 0.3) is 0 Å². The first kappa shape index (κ1) is 17.0. The molecule has 1 aliphatic carbocycles. The van der Waals surface area contributed by atoms with Gasteiger partial charge in [0, 0.05) is 6.54 Å². The van der Waals surface area contributed by atoms with Crippen LogP contribution in [0.4, 0.5) is 0 Å². The summed E-state index contributed by atoms with van der Waals surface area (Å²) in [7, 11) is 0. The number of rotatable bonds is 6. The van der Waals surface area contributed by atoms with E-state index in [-0.39, 0.29) is 12.5 Å². The molecule has 0 radical (unpaired) electrons. The molecule has 116 valence electrons. The first-order chi connectivity index (χ1) is 9.34. The van der Waals surface area contributed by atoms with Gasteiger partial charge in [0.15, 0.2) is 0 Å². The standard InChI is InChI=1S/C15H28N2O3/c1-3-8-14(2,16)12(18)17-11-15(13(19)20)9-6-4-5-7-10-15/h3-11,16H2,1-2H3,(H,17,18)(H,19,20). The lowest BCUT2D eigenvalue weighted by Gasteiger charge is -2.30. The Balaban J connectivity index is 2.67. The summed E-state index contributed by atoms with van der Waals surface area (Å²) in [6.45, 7) is 3.87. The van der Waals surface area contributed by atoms with Gasteiger partial charge in [-0.1, -0.05) is 39.0 Å². The Kier molecular flexibility index (Phi) is 5.99. The number of hydrogen-bond donors (Lipinski definition) is 3. The van der Waals surface area contributed by atoms with Crippen molar-refractivity contribution in [1.29, 1.82) is 0 Å². The van der Waals surface area contributed by atoms with E-state index in [2.05, 4.69) is 5.32 Å². The van der Waals surface area contributed by atoms with Crippen LogP contribution in [0.3, 0.4) is 0 Å². The Hall–Kier alpha value is -1.10. The van der Waals surface area contributed by atoms with Gasteiger partial charge < -0.3 is 16.2 Å². The van der Waals surface area contributed by atoms with Crippen molar-refractivity contribution in [2.24, 2.45) is 11.1 Å². The number of nitrogens with two attached hydrogens (primary N) is 1. The highest BCUT2D eigenvalue weighted by atomic mass is 16.4. The zero-order valence-corrected chi connectivity index (χ0v) is 12.7. The minimum atomic E-state index is -0.917. The largest absolute Gasteiger partial charge is 0.481 e. The highest BCUT2D eigenvalue weighted by molar-refractivity contribution is 5.86. The number of carboxylic acid groups (broad SMARTS) is 1. The molecule has 0 aliphatic heterocycles. The minimum absolute atomic E-state index is 0.192. The van der Waals surface area contributed by atoms with E-state index in [1.807, 2.05) is 6.92 Å². The maximum atomic E-state index is 12.1. The molecule has 1 aliphatic rings. The van der Waals surface area contributed by atoms with Gasteiger partial charge in [-0.3, -0.25) is 9.59 Å². The SMILES string of the molecule is CCCC(C)(N)C(=O)NCC1(C(=O)O)CCCCCC1. The highest BCUT2D eigenvalue weighted by Crippen LogP contribution is 2.35. The lowest BCUT2D eigenvalue weighted by molar-refractivity contribution is -0.150. The third kappa shape index (κ3) is 4.20. The third-order valence-electron chi connectivity index (χ3n) is 4.39. The molecule has 0 aromatic rings. The first-order valence-corrected chi connectivity index (χ1v) is 7.65. The van der Waals surface area contributed by atoms with E-state index < -0.39 is 16.9 Å². The molecule has 1 fully saturated rings. The minimum Gasteiger partial charge on any atom is -0.481 e. The highest BCUT2D eigenvalue weighted by Gasteiger charge is 2.40. The van der Waals surface area contributed by atoms with Crippen LogP contribution >= 0.6 is 0 Å². The van der Waals surface area contributed by atoms with Gasteiger partial charge in [-0.2, -0.15) is 0 Å². The fourth-order valence-corrected chi connectivity index (χ4v) is 2.96. The van der Waals surface area contributed by atoms with Crippen molar-refractivity contribution in [2.75, 3.05) is 6.54 Å². The topological polar surface area (TPSA) is 92.4 Å². The lowest BCUT2D eigenvalue weighted by Crippen LogP contribution is -2.54. The Bertz CT molecular complexity index is 345. The molecule has 1 amide bonds. The molecule has 1 rings (SSSR count). The van der Waals surface area contributed by atoms with Crippen molar-refractivity contribution in [2.45, 2.75) is 70.8 Å². The van der Waals surface area contributed by atoms with Gasteiger partial charge in [-0.15, -0.1) is 0 Å². The summed E-state index contributed by atoms with van der Waals surface area (Å²) >= 11 is 0. The number of amides is 1. The Morgan fingerprint density at radius 2 is 1.80 bits per heavy atom. The van der Waals surface area contributed by atoms with Gasteiger partial charge in [0.05, 0.1) is 11.0 Å². The Labute approximate surface area is 121 Å². The molecule has 0 bridgehead atoms. The number of carbonyl (C=O) groups excluding carboxylic acids is 1. The quantitative estimate of drug-likeness (QED) is 0.651. The van der Waals surface area contributed by atoms with Crippen molar-refractivity contribution < 1.29 is 14.7 Å². The monoisotopic (exact) mass is 284 g/mol. The summed E-state index contributed by atoms with van der Waals surface area (Å²) in [6.07, 6.45) is 6.67. The molecule has 0 saturated heterocycles. The zero-order valence-electron chi connectivity index (χ0n) is 12.7. The van der Waals surface area contributed by atoms with Gasteiger partial charge in [-0.25, -0.2) is 0 Å². The smallest absolute Gasteiger partial charge is 0.311 e. The number of carboxylic acids is 1. The molecule has 4 N–H and O–H groups in total. The second kappa shape index (κ2) is 7.07. The van der Waals surface area contributed by atoms with Crippen molar-refractivity contribution in [1.82, 2.24) is 5.32 Å². The van der Waals surface area contributed by atoms with E-state index in [0.29, 0.717) is 19.3 Å². The summed E-state index contributed by atoms with van der Waals surface area (Å²) in [6, 6.07) is 0. The van der Waals surface area contributed by atoms with Crippen LogP contribution in [0, 0.1) is 5.41 Å². The van der Waals surface area contributed by atoms with Gasteiger partial charge in [0.2, 0.25) is 5.91 Å². The molecule has 0 spiro atoms. The van der Waals surface area contributed by atoms with Crippen LogP contribution in [-0.4, -0.2) is 29.1 Å². The maximum Gasteiger partial charge on any atom is 0.311 e. The van der Waals surface area contributed by atoms with Crippen molar-refractivity contribution >= 4 is 11.9 Å². The fraction of sp³-hybridized carbons (Fsp3) is 0.867. The van der Waals surface area contributed by atoms with Crippen molar-refractivity contribution in [3.05, 3.63) is 0 Å². The summed E-state index contributed by atoms with van der Waals surface area (Å²) in [5.41, 5.74) is 4.25. The first-order valence-electron chi connectivity index (χ1n) is 7.65. The molecule has 0 aromatic carbocycles. The molecule has 20 heavy (non-hydrogen) atoms. The van der Waals surface area contributed by atoms with E-state index in [9.17, 15) is 14.7 Å². The Morgan fingerprint density at radius 1 is 1.25 bits per heavy atom. The predicted octanol–water partition coefficient (Wildman–Crippen LogP) is 2.05. The average molecular weight is 284 g/mol. The lowest BCUT2D eigenvalue weighted by atomic mass is 9.80. The van der Waals surface area contributed by atoms with Crippen LogP contribution in [-0.2, 0) is 9.59 Å². The summed E-state index contributed by atoms with van der Waals surface area (Å²) in [4.78, 5) is 23.8. The van der Waals surface area contributed by atoms with Crippen LogP contribution in [0.15, 0.2) is 0 Å². The molecule has 5 nitrogen and oxygen atoms in total. The fourth-order valence-electron chi connectivity index (χ4n) is 2.96. The predicted molar refractivity (Wildman–Crippen MR) is 78.3 cm³/mol. The summed E-state index contributed by atoms with van der Waals surface area (Å²) in [5, 5.41) is 12.3. The van der Waals surface area contributed by atoms with Crippen LogP contribution < -0.4 is 11.1 Å². The van der Waals surface area contributed by atoms with Crippen LogP contribution in [0.5, 0.6) is 0 Å². The molecule has 0 aromatic heterocycles. The van der Waals surface area contributed by atoms with Gasteiger partial charge >= 0.3 is 5.97 Å². The van der Waals surface area contributed by atoms with Crippen molar-refractivity contribution in [3.8, 4) is 0 Å². The number of aliphatic carboxylic acids is 1.